The SMILES string of the molecule is COc1n[nH]c(C(Cl)=Nc2ccnc(S(C)(=O)=O)c2)c1C(F)(F)F. The lowest BCUT2D eigenvalue weighted by Gasteiger charge is -2.08. The zero-order valence-corrected chi connectivity index (χ0v) is 13.8. The fourth-order valence-corrected chi connectivity index (χ4v) is 2.55. The molecule has 0 aromatic carbocycles. The second kappa shape index (κ2) is 6.40. The van der Waals surface area contributed by atoms with Crippen LogP contribution in [0.4, 0.5) is 18.9 Å². The highest BCUT2D eigenvalue weighted by Crippen LogP contribution is 2.38. The predicted octanol–water partition coefficient (Wildman–Crippen LogP) is 2.55. The van der Waals surface area contributed by atoms with Gasteiger partial charge in [-0.1, -0.05) is 11.6 Å². The molecular weight excluding hydrogens is 373 g/mol. The minimum Gasteiger partial charge on any atom is -0.479 e. The number of rotatable bonds is 4. The lowest BCUT2D eigenvalue weighted by molar-refractivity contribution is -0.138. The van der Waals surface area contributed by atoms with Gasteiger partial charge in [-0.05, 0) is 6.07 Å². The van der Waals surface area contributed by atoms with Crippen LogP contribution in [-0.4, -0.2) is 42.1 Å². The number of pyridine rings is 1. The van der Waals surface area contributed by atoms with E-state index in [1.165, 1.54) is 6.07 Å². The quantitative estimate of drug-likeness (QED) is 0.819. The van der Waals surface area contributed by atoms with E-state index in [1.54, 1.807) is 0 Å². The molecule has 0 spiro atoms. The molecular formula is C12H10ClF3N4O3S. The number of aromatic amines is 1. The number of methoxy groups -OCH3 is 1. The molecule has 0 saturated carbocycles. The average molecular weight is 383 g/mol. The van der Waals surface area contributed by atoms with E-state index in [2.05, 4.69) is 24.9 Å². The highest BCUT2D eigenvalue weighted by Gasteiger charge is 2.40. The summed E-state index contributed by atoms with van der Waals surface area (Å²) in [5.41, 5.74) is -1.80. The summed E-state index contributed by atoms with van der Waals surface area (Å²) in [5, 5.41) is 4.63. The number of halogens is 4. The first-order valence-corrected chi connectivity index (χ1v) is 8.41. The first-order chi connectivity index (χ1) is 11.0. The van der Waals surface area contributed by atoms with Crippen LogP contribution in [0.2, 0.25) is 0 Å². The van der Waals surface area contributed by atoms with Crippen molar-refractivity contribution in [3.8, 4) is 5.88 Å². The summed E-state index contributed by atoms with van der Waals surface area (Å²) in [6.45, 7) is 0. The van der Waals surface area contributed by atoms with E-state index in [9.17, 15) is 21.6 Å². The Kier molecular flexibility index (Phi) is 4.85. The van der Waals surface area contributed by atoms with Crippen LogP contribution in [-0.2, 0) is 16.0 Å². The minimum absolute atomic E-state index is 0.0112. The molecule has 0 aliphatic heterocycles. The third-order valence-electron chi connectivity index (χ3n) is 2.74. The van der Waals surface area contributed by atoms with Gasteiger partial charge >= 0.3 is 6.18 Å². The van der Waals surface area contributed by atoms with Crippen LogP contribution in [0.15, 0.2) is 28.3 Å². The fraction of sp³-hybridized carbons (Fsp3) is 0.250. The summed E-state index contributed by atoms with van der Waals surface area (Å²) in [6, 6.07) is 2.37. The molecule has 0 unspecified atom stereocenters. The number of aliphatic imine (C=N–C) groups is 1. The monoisotopic (exact) mass is 382 g/mol. The van der Waals surface area contributed by atoms with E-state index in [0.717, 1.165) is 25.6 Å². The molecule has 0 bridgehead atoms. The minimum atomic E-state index is -4.78. The number of alkyl halides is 3. The summed E-state index contributed by atoms with van der Waals surface area (Å²) in [7, 11) is -2.57. The smallest absolute Gasteiger partial charge is 0.423 e. The van der Waals surface area contributed by atoms with Gasteiger partial charge in [0.05, 0.1) is 12.8 Å². The Morgan fingerprint density at radius 2 is 2.08 bits per heavy atom. The molecule has 2 aromatic heterocycles. The van der Waals surface area contributed by atoms with Crippen molar-refractivity contribution in [2.45, 2.75) is 11.2 Å². The van der Waals surface area contributed by atoms with Gasteiger partial charge in [-0.2, -0.15) is 13.2 Å². The summed E-state index contributed by atoms with van der Waals surface area (Å²) in [5.74, 6) is -0.683. The van der Waals surface area contributed by atoms with E-state index in [1.807, 2.05) is 0 Å². The van der Waals surface area contributed by atoms with Crippen molar-refractivity contribution in [2.75, 3.05) is 13.4 Å². The number of aromatic nitrogens is 3. The van der Waals surface area contributed by atoms with Gasteiger partial charge in [-0.25, -0.2) is 18.4 Å². The maximum absolute atomic E-state index is 13.1. The van der Waals surface area contributed by atoms with E-state index < -0.39 is 38.3 Å². The molecule has 12 heteroatoms. The van der Waals surface area contributed by atoms with Gasteiger partial charge < -0.3 is 4.74 Å². The highest BCUT2D eigenvalue weighted by atomic mass is 35.5. The standard InChI is InChI=1S/C12H10ClF3N4O3S/c1-23-11-8(12(14,15)16)9(19-20-11)10(13)18-6-3-4-17-7(5-6)24(2,21)22/h3-5H,1-2H3,(H,19,20). The van der Waals surface area contributed by atoms with Crippen LogP contribution in [0, 0.1) is 0 Å². The van der Waals surface area contributed by atoms with Crippen molar-refractivity contribution >= 4 is 32.3 Å². The highest BCUT2D eigenvalue weighted by molar-refractivity contribution is 7.90. The normalized spacial score (nSPS) is 13.2. The van der Waals surface area contributed by atoms with E-state index in [-0.39, 0.29) is 10.7 Å². The van der Waals surface area contributed by atoms with Crippen molar-refractivity contribution in [2.24, 2.45) is 4.99 Å². The van der Waals surface area contributed by atoms with Crippen LogP contribution in [0.25, 0.3) is 0 Å². The topological polar surface area (TPSA) is 97.3 Å². The molecule has 0 aliphatic carbocycles. The third kappa shape index (κ3) is 3.85. The molecule has 2 rings (SSSR count). The second-order valence-corrected chi connectivity index (χ2v) is 6.83. The number of hydrogen-bond acceptors (Lipinski definition) is 6. The molecule has 0 amide bonds. The molecule has 24 heavy (non-hydrogen) atoms. The second-order valence-electron chi connectivity index (χ2n) is 4.51. The van der Waals surface area contributed by atoms with Crippen molar-refractivity contribution in [3.05, 3.63) is 29.6 Å². The fourth-order valence-electron chi connectivity index (χ4n) is 1.73. The summed E-state index contributed by atoms with van der Waals surface area (Å²) >= 11 is 5.84. The Labute approximate surface area is 139 Å². The van der Waals surface area contributed by atoms with Gasteiger partial charge in [0.1, 0.15) is 11.3 Å². The molecule has 0 radical (unpaired) electrons. The Hall–Kier alpha value is -2.14. The van der Waals surface area contributed by atoms with E-state index in [4.69, 9.17) is 11.6 Å². The number of nitrogens with one attached hydrogen (secondary N) is 1. The number of H-pyrrole nitrogens is 1. The zero-order valence-electron chi connectivity index (χ0n) is 12.2. The number of nitrogens with zero attached hydrogens (tertiary/aromatic N) is 3. The molecule has 2 heterocycles. The molecule has 2 aromatic rings. The van der Waals surface area contributed by atoms with Crippen LogP contribution < -0.4 is 4.74 Å². The first kappa shape index (κ1) is 18.2. The Balaban J connectivity index is 2.52. The van der Waals surface area contributed by atoms with Gasteiger partial charge in [-0.15, -0.1) is 5.10 Å². The molecule has 0 saturated heterocycles. The number of sulfone groups is 1. The van der Waals surface area contributed by atoms with Gasteiger partial charge in [-0.3, -0.25) is 5.10 Å². The number of ether oxygens (including phenoxy) is 1. The van der Waals surface area contributed by atoms with Crippen LogP contribution in [0.3, 0.4) is 0 Å². The molecule has 0 atom stereocenters. The summed E-state index contributed by atoms with van der Waals surface area (Å²) < 4.78 is 66.8. The van der Waals surface area contributed by atoms with Crippen molar-refractivity contribution in [1.82, 2.24) is 15.2 Å². The van der Waals surface area contributed by atoms with Crippen LogP contribution >= 0.6 is 11.6 Å². The maximum Gasteiger partial charge on any atom is 0.423 e. The van der Waals surface area contributed by atoms with Crippen molar-refractivity contribution < 1.29 is 26.3 Å². The van der Waals surface area contributed by atoms with Gasteiger partial charge in [0.2, 0.25) is 5.88 Å². The lowest BCUT2D eigenvalue weighted by atomic mass is 10.2. The predicted molar refractivity (Wildman–Crippen MR) is 79.5 cm³/mol. The Morgan fingerprint density at radius 3 is 2.62 bits per heavy atom. The molecule has 130 valence electrons. The maximum atomic E-state index is 13.1. The van der Waals surface area contributed by atoms with Gasteiger partial charge in [0.25, 0.3) is 0 Å². The van der Waals surface area contributed by atoms with E-state index in [0.29, 0.717) is 0 Å². The van der Waals surface area contributed by atoms with Crippen molar-refractivity contribution in [1.29, 1.82) is 0 Å². The molecule has 1 N–H and O–H groups in total. The lowest BCUT2D eigenvalue weighted by Crippen LogP contribution is -2.11. The first-order valence-electron chi connectivity index (χ1n) is 6.14. The summed E-state index contributed by atoms with van der Waals surface area (Å²) in [4.78, 5) is 7.42. The van der Waals surface area contributed by atoms with Crippen LogP contribution in [0.5, 0.6) is 5.88 Å². The molecule has 7 nitrogen and oxygen atoms in total. The largest absolute Gasteiger partial charge is 0.479 e. The summed E-state index contributed by atoms with van der Waals surface area (Å²) in [6.07, 6.45) is -2.69. The van der Waals surface area contributed by atoms with Crippen molar-refractivity contribution in [3.63, 3.8) is 0 Å². The Bertz CT molecular complexity index is 893. The third-order valence-corrected chi connectivity index (χ3v) is 4.00. The Morgan fingerprint density at radius 1 is 1.42 bits per heavy atom. The average Bonchev–Trinajstić information content (AvgIpc) is 2.90. The van der Waals surface area contributed by atoms with E-state index >= 15 is 0 Å². The molecule has 0 fully saturated rings. The molecule has 0 aliphatic rings. The number of hydrogen-bond donors (Lipinski definition) is 1. The van der Waals surface area contributed by atoms with Crippen LogP contribution in [0.1, 0.15) is 11.3 Å². The van der Waals surface area contributed by atoms with Gasteiger partial charge in [0.15, 0.2) is 20.0 Å². The zero-order chi connectivity index (χ0) is 18.1. The van der Waals surface area contributed by atoms with Gasteiger partial charge in [0, 0.05) is 18.5 Å².